The molecule has 3 rings (SSSR count). The Hall–Kier alpha value is -1.01. The fourth-order valence-electron chi connectivity index (χ4n) is 3.44. The molecule has 0 aliphatic carbocycles. The van der Waals surface area contributed by atoms with E-state index in [-0.39, 0.29) is 34.9 Å². The molecular formula is C20H30O4Si. The smallest absolute Gasteiger partial charge is 0.195 e. The predicted octanol–water partition coefficient (Wildman–Crippen LogP) is 4.00. The minimum atomic E-state index is -1.98. The van der Waals surface area contributed by atoms with Gasteiger partial charge in [-0.1, -0.05) is 52.0 Å². The number of hydrogen-bond donors (Lipinski definition) is 0. The first-order valence-corrected chi connectivity index (χ1v) is 12.1. The van der Waals surface area contributed by atoms with E-state index >= 15 is 0 Å². The number of allylic oxidation sites excluding steroid dienone is 2. The minimum absolute atomic E-state index is 0.00849. The summed E-state index contributed by atoms with van der Waals surface area (Å²) in [6.07, 6.45) is 10.5. The van der Waals surface area contributed by atoms with Crippen molar-refractivity contribution in [2.45, 2.75) is 70.4 Å². The summed E-state index contributed by atoms with van der Waals surface area (Å²) in [5, 5.41) is 0.0902. The average Bonchev–Trinajstić information content (AvgIpc) is 2.68. The Labute approximate surface area is 152 Å². The fraction of sp³-hybridized carbons (Fsp3) is 0.650. The van der Waals surface area contributed by atoms with Crippen LogP contribution in [0.1, 0.15) is 27.7 Å². The zero-order valence-electron chi connectivity index (χ0n) is 16.1. The summed E-state index contributed by atoms with van der Waals surface area (Å²) in [5.41, 5.74) is 0. The molecule has 4 nitrogen and oxygen atoms in total. The summed E-state index contributed by atoms with van der Waals surface area (Å²) in [5.74, 6) is 0.244. The summed E-state index contributed by atoms with van der Waals surface area (Å²) >= 11 is 0. The minimum Gasteiger partial charge on any atom is -0.389 e. The van der Waals surface area contributed by atoms with Crippen LogP contribution in [-0.4, -0.2) is 38.7 Å². The van der Waals surface area contributed by atoms with Gasteiger partial charge < -0.3 is 13.9 Å². The van der Waals surface area contributed by atoms with Crippen molar-refractivity contribution in [3.63, 3.8) is 0 Å². The molecule has 3 aliphatic rings. The quantitative estimate of drug-likeness (QED) is 0.712. The molecule has 3 aliphatic heterocycles. The molecule has 2 bridgehead atoms. The van der Waals surface area contributed by atoms with Crippen LogP contribution in [0.4, 0.5) is 0 Å². The second-order valence-corrected chi connectivity index (χ2v) is 13.6. The molecule has 25 heavy (non-hydrogen) atoms. The first kappa shape index (κ1) is 18.8. The Morgan fingerprint density at radius 1 is 1.04 bits per heavy atom. The topological polar surface area (TPSA) is 44.8 Å². The van der Waals surface area contributed by atoms with Gasteiger partial charge >= 0.3 is 0 Å². The molecule has 0 amide bonds. The molecule has 0 unspecified atom stereocenters. The summed E-state index contributed by atoms with van der Waals surface area (Å²) in [7, 11) is -1.98. The maximum Gasteiger partial charge on any atom is 0.195 e. The SMILES string of the molecule is C[C@H]1[C@@H]([C@@H]2O[C@@H](O[Si](C)(C)C(C)(C)C)C=CC2=O)[C@@H]2C=CC=C[C@H]1O2. The number of ketones is 1. The van der Waals surface area contributed by atoms with E-state index in [0.29, 0.717) is 0 Å². The monoisotopic (exact) mass is 362 g/mol. The van der Waals surface area contributed by atoms with Crippen molar-refractivity contribution in [3.05, 3.63) is 36.5 Å². The van der Waals surface area contributed by atoms with Crippen molar-refractivity contribution in [3.8, 4) is 0 Å². The zero-order valence-corrected chi connectivity index (χ0v) is 17.1. The number of fused-ring (bicyclic) bond motifs is 2. The Morgan fingerprint density at radius 2 is 1.68 bits per heavy atom. The van der Waals surface area contributed by atoms with Crippen molar-refractivity contribution in [2.75, 3.05) is 0 Å². The standard InChI is InChI=1S/C20H30O4Si/c1-13-15-9-7-8-10-16(22-15)18(13)19-14(21)11-12-17(23-19)24-25(5,6)20(2,3)4/h7-13,15-19H,1-6H3/t13-,15-,16+,17+,18-,19-/m1/s1. The first-order valence-electron chi connectivity index (χ1n) is 9.16. The highest BCUT2D eigenvalue weighted by Crippen LogP contribution is 2.42. The molecule has 1 fully saturated rings. The van der Waals surface area contributed by atoms with Crippen molar-refractivity contribution < 1.29 is 18.7 Å². The van der Waals surface area contributed by atoms with Crippen molar-refractivity contribution in [1.29, 1.82) is 0 Å². The van der Waals surface area contributed by atoms with Crippen LogP contribution in [0.15, 0.2) is 36.5 Å². The van der Waals surface area contributed by atoms with Crippen LogP contribution in [0.25, 0.3) is 0 Å². The third-order valence-corrected chi connectivity index (χ3v) is 10.5. The van der Waals surface area contributed by atoms with Crippen LogP contribution in [-0.2, 0) is 18.7 Å². The Kier molecular flexibility index (Phi) is 4.97. The van der Waals surface area contributed by atoms with Crippen LogP contribution in [0.2, 0.25) is 18.1 Å². The number of hydrogen-bond acceptors (Lipinski definition) is 4. The van der Waals surface area contributed by atoms with E-state index < -0.39 is 20.7 Å². The second-order valence-electron chi connectivity index (χ2n) is 8.84. The predicted molar refractivity (Wildman–Crippen MR) is 101 cm³/mol. The largest absolute Gasteiger partial charge is 0.389 e. The Balaban J connectivity index is 1.77. The zero-order chi connectivity index (χ0) is 18.4. The molecule has 0 aromatic rings. The second kappa shape index (κ2) is 6.61. The molecule has 0 aromatic carbocycles. The molecular weight excluding hydrogens is 332 g/mol. The molecule has 3 heterocycles. The van der Waals surface area contributed by atoms with E-state index in [0.717, 1.165) is 0 Å². The van der Waals surface area contributed by atoms with E-state index in [2.05, 4.69) is 46.9 Å². The van der Waals surface area contributed by atoms with Gasteiger partial charge in [0, 0.05) is 5.92 Å². The number of carbonyl (C=O) groups excluding carboxylic acids is 1. The van der Waals surface area contributed by atoms with Gasteiger partial charge in [0.1, 0.15) is 6.10 Å². The van der Waals surface area contributed by atoms with Gasteiger partial charge in [-0.15, -0.1) is 0 Å². The van der Waals surface area contributed by atoms with Gasteiger partial charge in [-0.25, -0.2) is 0 Å². The summed E-state index contributed by atoms with van der Waals surface area (Å²) < 4.78 is 18.6. The van der Waals surface area contributed by atoms with E-state index in [9.17, 15) is 4.79 Å². The molecule has 5 heteroatoms. The third-order valence-electron chi connectivity index (χ3n) is 6.08. The van der Waals surface area contributed by atoms with Gasteiger partial charge in [-0.2, -0.15) is 0 Å². The number of rotatable bonds is 3. The van der Waals surface area contributed by atoms with Crippen LogP contribution >= 0.6 is 0 Å². The molecule has 6 atom stereocenters. The van der Waals surface area contributed by atoms with Crippen LogP contribution in [0.5, 0.6) is 0 Å². The molecule has 138 valence electrons. The van der Waals surface area contributed by atoms with E-state index in [4.69, 9.17) is 13.9 Å². The molecule has 1 saturated heterocycles. The number of carbonyl (C=O) groups is 1. The molecule has 0 spiro atoms. The van der Waals surface area contributed by atoms with Crippen molar-refractivity contribution in [1.82, 2.24) is 0 Å². The molecule has 0 saturated carbocycles. The highest BCUT2D eigenvalue weighted by atomic mass is 28.4. The summed E-state index contributed by atoms with van der Waals surface area (Å²) in [6, 6.07) is 0. The fourth-order valence-corrected chi connectivity index (χ4v) is 4.51. The van der Waals surface area contributed by atoms with E-state index in [1.165, 1.54) is 0 Å². The number of ether oxygens (including phenoxy) is 2. The van der Waals surface area contributed by atoms with Crippen molar-refractivity contribution in [2.24, 2.45) is 11.8 Å². The van der Waals surface area contributed by atoms with Gasteiger partial charge in [0.05, 0.1) is 12.2 Å². The van der Waals surface area contributed by atoms with Crippen LogP contribution < -0.4 is 0 Å². The Bertz CT molecular complexity index is 614. The summed E-state index contributed by atoms with van der Waals surface area (Å²) in [6.45, 7) is 13.1. The molecule has 0 N–H and O–H groups in total. The van der Waals surface area contributed by atoms with Gasteiger partial charge in [-0.3, -0.25) is 4.79 Å². The molecule has 0 aromatic heterocycles. The lowest BCUT2D eigenvalue weighted by atomic mass is 9.81. The lowest BCUT2D eigenvalue weighted by Gasteiger charge is -2.40. The molecule has 0 radical (unpaired) electrons. The highest BCUT2D eigenvalue weighted by molar-refractivity contribution is 6.74. The third kappa shape index (κ3) is 3.61. The summed E-state index contributed by atoms with van der Waals surface area (Å²) in [4.78, 5) is 12.6. The first-order chi connectivity index (χ1) is 11.6. The lowest BCUT2D eigenvalue weighted by Crippen LogP contribution is -2.49. The Morgan fingerprint density at radius 3 is 2.32 bits per heavy atom. The van der Waals surface area contributed by atoms with E-state index in [1.807, 2.05) is 18.2 Å². The van der Waals surface area contributed by atoms with Gasteiger partial charge in [0.2, 0.25) is 0 Å². The van der Waals surface area contributed by atoms with Gasteiger partial charge in [-0.05, 0) is 36.2 Å². The maximum absolute atomic E-state index is 12.6. The lowest BCUT2D eigenvalue weighted by molar-refractivity contribution is -0.156. The van der Waals surface area contributed by atoms with Crippen LogP contribution in [0.3, 0.4) is 0 Å². The normalized spacial score (nSPS) is 38.2. The average molecular weight is 363 g/mol. The van der Waals surface area contributed by atoms with Crippen molar-refractivity contribution >= 4 is 14.1 Å². The van der Waals surface area contributed by atoms with E-state index in [1.54, 1.807) is 12.2 Å². The maximum atomic E-state index is 12.6. The highest BCUT2D eigenvalue weighted by Gasteiger charge is 2.49. The van der Waals surface area contributed by atoms with Gasteiger partial charge in [0.15, 0.2) is 20.4 Å². The van der Waals surface area contributed by atoms with Gasteiger partial charge in [0.25, 0.3) is 0 Å². The van der Waals surface area contributed by atoms with Crippen LogP contribution in [0, 0.1) is 11.8 Å².